The first kappa shape index (κ1) is 40.6. The van der Waals surface area contributed by atoms with Gasteiger partial charge in [0, 0.05) is 41.4 Å². The van der Waals surface area contributed by atoms with Crippen molar-refractivity contribution in [2.75, 3.05) is 19.4 Å². The molecule has 0 unspecified atom stereocenters. The van der Waals surface area contributed by atoms with E-state index in [1.807, 2.05) is 59.3 Å². The van der Waals surface area contributed by atoms with E-state index in [0.29, 0.717) is 30.2 Å². The standard InChI is InChI=1S/C41H51N5O6S2/c1-6-7-8-9-10-24-52-32-19-17-29(18-20-32)31-26-42-37(43-27-31)30-15-13-28(14-16-30)25-33(44-39(48)35-21-22-36(53-35)41(2,3)4)40(49)46-23-11-12-34(46)38(47)45-54(5,50)51/h13-22,26-27,33-34H,6-12,23-25H2,1-5H3,(H,44,48)(H,45,47)/t33-,34-/m0/s1. The number of sulfonamides is 1. The van der Waals surface area contributed by atoms with Gasteiger partial charge in [0.05, 0.1) is 17.7 Å². The van der Waals surface area contributed by atoms with E-state index in [0.717, 1.165) is 45.6 Å². The average Bonchev–Trinajstić information content (AvgIpc) is 3.84. The second-order valence-corrected chi connectivity index (χ2v) is 17.7. The lowest BCUT2D eigenvalue weighted by molar-refractivity contribution is -0.139. The van der Waals surface area contributed by atoms with E-state index >= 15 is 0 Å². The fourth-order valence-electron chi connectivity index (χ4n) is 6.34. The molecular weight excluding hydrogens is 723 g/mol. The van der Waals surface area contributed by atoms with Crippen molar-refractivity contribution in [2.24, 2.45) is 0 Å². The van der Waals surface area contributed by atoms with Gasteiger partial charge in [0.25, 0.3) is 11.8 Å². The number of nitrogens with zero attached hydrogens (tertiary/aromatic N) is 3. The molecule has 1 saturated heterocycles. The zero-order valence-corrected chi connectivity index (χ0v) is 33.4. The monoisotopic (exact) mass is 773 g/mol. The highest BCUT2D eigenvalue weighted by atomic mass is 32.2. The molecule has 13 heteroatoms. The molecule has 54 heavy (non-hydrogen) atoms. The number of aromatic nitrogens is 2. The molecule has 2 aromatic heterocycles. The van der Waals surface area contributed by atoms with Gasteiger partial charge in [-0.15, -0.1) is 11.3 Å². The first-order valence-corrected chi connectivity index (χ1v) is 21.3. The lowest BCUT2D eigenvalue weighted by Crippen LogP contribution is -2.54. The number of carbonyl (C=O) groups excluding carboxylic acids is 3. The van der Waals surface area contributed by atoms with Gasteiger partial charge in [-0.1, -0.05) is 89.8 Å². The van der Waals surface area contributed by atoms with E-state index in [9.17, 15) is 22.8 Å². The summed E-state index contributed by atoms with van der Waals surface area (Å²) >= 11 is 1.37. The average molecular weight is 774 g/mol. The lowest BCUT2D eigenvalue weighted by atomic mass is 9.95. The van der Waals surface area contributed by atoms with Crippen LogP contribution in [0.25, 0.3) is 22.5 Å². The van der Waals surface area contributed by atoms with Crippen LogP contribution in [0.5, 0.6) is 5.75 Å². The number of carbonyl (C=O) groups is 3. The maximum atomic E-state index is 14.1. The summed E-state index contributed by atoms with van der Waals surface area (Å²) < 4.78 is 31.5. The minimum atomic E-state index is -3.82. The van der Waals surface area contributed by atoms with Gasteiger partial charge in [-0.25, -0.2) is 18.4 Å². The number of rotatable bonds is 16. The third-order valence-electron chi connectivity index (χ3n) is 9.30. The molecule has 1 fully saturated rings. The van der Waals surface area contributed by atoms with Crippen LogP contribution in [0, 0.1) is 0 Å². The Morgan fingerprint density at radius 1 is 0.907 bits per heavy atom. The number of ether oxygens (including phenoxy) is 1. The van der Waals surface area contributed by atoms with Crippen LogP contribution in [0.2, 0.25) is 0 Å². The van der Waals surface area contributed by atoms with Crippen molar-refractivity contribution in [3.05, 3.63) is 88.4 Å². The zero-order valence-electron chi connectivity index (χ0n) is 31.8. The van der Waals surface area contributed by atoms with Crippen molar-refractivity contribution in [3.63, 3.8) is 0 Å². The molecule has 3 amide bonds. The van der Waals surface area contributed by atoms with Crippen molar-refractivity contribution in [3.8, 4) is 28.3 Å². The second-order valence-electron chi connectivity index (χ2n) is 14.9. The molecule has 5 rings (SSSR count). The Morgan fingerprint density at radius 3 is 2.20 bits per heavy atom. The van der Waals surface area contributed by atoms with Crippen molar-refractivity contribution in [1.82, 2.24) is 24.9 Å². The summed E-state index contributed by atoms with van der Waals surface area (Å²) in [5.74, 6) is -0.221. The summed E-state index contributed by atoms with van der Waals surface area (Å²) in [7, 11) is -3.82. The normalized spacial score (nSPS) is 15.1. The Kier molecular flexibility index (Phi) is 13.6. The molecule has 0 saturated carbocycles. The minimum Gasteiger partial charge on any atom is -0.494 e. The number of unbranched alkanes of at least 4 members (excludes halogenated alkanes) is 4. The Bertz CT molecular complexity index is 1990. The van der Waals surface area contributed by atoms with Crippen LogP contribution in [0.1, 0.15) is 92.8 Å². The van der Waals surface area contributed by atoms with E-state index < -0.39 is 39.8 Å². The summed E-state index contributed by atoms with van der Waals surface area (Å²) in [6.45, 7) is 9.39. The highest BCUT2D eigenvalue weighted by Gasteiger charge is 2.38. The summed E-state index contributed by atoms with van der Waals surface area (Å²) in [4.78, 5) is 52.5. The molecule has 0 aliphatic carbocycles. The molecule has 0 bridgehead atoms. The van der Waals surface area contributed by atoms with E-state index in [4.69, 9.17) is 4.74 Å². The van der Waals surface area contributed by atoms with E-state index in [-0.39, 0.29) is 18.4 Å². The van der Waals surface area contributed by atoms with E-state index in [1.165, 1.54) is 41.9 Å². The van der Waals surface area contributed by atoms with Gasteiger partial charge < -0.3 is 15.0 Å². The van der Waals surface area contributed by atoms with Gasteiger partial charge in [0.2, 0.25) is 15.9 Å². The van der Waals surface area contributed by atoms with E-state index in [2.05, 4.69) is 43.0 Å². The fourth-order valence-corrected chi connectivity index (χ4v) is 7.81. The zero-order chi connectivity index (χ0) is 38.9. The SMILES string of the molecule is CCCCCCCOc1ccc(-c2cnc(-c3ccc(C[C@H](NC(=O)c4ccc(C(C)(C)C)s4)C(=O)N4CCC[C@H]4C(=O)NS(C)(=O)=O)cc3)nc2)cc1. The Morgan fingerprint density at radius 2 is 1.57 bits per heavy atom. The molecule has 3 heterocycles. The van der Waals surface area contributed by atoms with Crippen molar-refractivity contribution in [2.45, 2.75) is 96.6 Å². The first-order valence-electron chi connectivity index (χ1n) is 18.6. The predicted octanol–water partition coefficient (Wildman–Crippen LogP) is 6.93. The number of hydrogen-bond acceptors (Lipinski definition) is 9. The lowest BCUT2D eigenvalue weighted by Gasteiger charge is -2.28. The van der Waals surface area contributed by atoms with Crippen molar-refractivity contribution < 1.29 is 27.5 Å². The molecule has 2 aromatic carbocycles. The molecule has 0 spiro atoms. The summed E-state index contributed by atoms with van der Waals surface area (Å²) in [5, 5.41) is 2.92. The first-order chi connectivity index (χ1) is 25.7. The molecule has 2 atom stereocenters. The number of hydrogen-bond donors (Lipinski definition) is 2. The smallest absolute Gasteiger partial charge is 0.262 e. The maximum Gasteiger partial charge on any atom is 0.262 e. The molecule has 1 aliphatic heterocycles. The Labute approximate surface area is 323 Å². The number of amides is 3. The fraction of sp³-hybridized carbons (Fsp3) is 0.439. The summed E-state index contributed by atoms with van der Waals surface area (Å²) in [5.41, 5.74) is 3.27. The summed E-state index contributed by atoms with van der Waals surface area (Å²) in [6, 6.07) is 17.1. The molecule has 11 nitrogen and oxygen atoms in total. The Balaban J connectivity index is 1.27. The maximum absolute atomic E-state index is 14.1. The Hall–Kier alpha value is -4.62. The van der Waals surface area contributed by atoms with Crippen LogP contribution in [0.3, 0.4) is 0 Å². The van der Waals surface area contributed by atoms with Gasteiger partial charge in [0.15, 0.2) is 5.82 Å². The third kappa shape index (κ3) is 11.2. The van der Waals surface area contributed by atoms with Gasteiger partial charge in [-0.2, -0.15) is 0 Å². The predicted molar refractivity (Wildman–Crippen MR) is 213 cm³/mol. The van der Waals surface area contributed by atoms with Crippen LogP contribution < -0.4 is 14.8 Å². The molecule has 288 valence electrons. The number of thiophene rings is 1. The second kappa shape index (κ2) is 18.1. The highest BCUT2D eigenvalue weighted by Crippen LogP contribution is 2.30. The quantitative estimate of drug-likeness (QED) is 0.117. The van der Waals surface area contributed by atoms with E-state index in [1.54, 1.807) is 18.5 Å². The van der Waals surface area contributed by atoms with Crippen LogP contribution in [-0.2, 0) is 31.4 Å². The number of likely N-dealkylation sites (tertiary alicyclic amines) is 1. The van der Waals surface area contributed by atoms with Crippen molar-refractivity contribution >= 4 is 39.1 Å². The third-order valence-corrected chi connectivity index (χ3v) is 11.4. The van der Waals surface area contributed by atoms with Gasteiger partial charge >= 0.3 is 0 Å². The molecule has 4 aromatic rings. The van der Waals surface area contributed by atoms with Crippen LogP contribution in [0.15, 0.2) is 73.1 Å². The highest BCUT2D eigenvalue weighted by molar-refractivity contribution is 7.89. The number of nitrogens with one attached hydrogen (secondary N) is 2. The van der Waals surface area contributed by atoms with Gasteiger partial charge in [-0.3, -0.25) is 19.1 Å². The van der Waals surface area contributed by atoms with Gasteiger partial charge in [0.1, 0.15) is 17.8 Å². The minimum absolute atomic E-state index is 0.145. The van der Waals surface area contributed by atoms with Crippen LogP contribution in [0.4, 0.5) is 0 Å². The van der Waals surface area contributed by atoms with Crippen molar-refractivity contribution in [1.29, 1.82) is 0 Å². The largest absolute Gasteiger partial charge is 0.494 e. The topological polar surface area (TPSA) is 148 Å². The molecule has 1 aliphatic rings. The van der Waals surface area contributed by atoms with Gasteiger partial charge in [-0.05, 0) is 60.1 Å². The molecule has 0 radical (unpaired) electrons. The van der Waals surface area contributed by atoms with Crippen LogP contribution >= 0.6 is 11.3 Å². The van der Waals surface area contributed by atoms with Crippen LogP contribution in [-0.4, -0.2) is 72.5 Å². The summed E-state index contributed by atoms with van der Waals surface area (Å²) in [6.07, 6.45) is 11.4. The number of benzene rings is 2. The molecular formula is C41H51N5O6S2. The molecule has 2 N–H and O–H groups in total.